The van der Waals surface area contributed by atoms with Gasteiger partial charge < -0.3 is 13.7 Å². The second-order valence-corrected chi connectivity index (χ2v) is 6.65. The lowest BCUT2D eigenvalue weighted by molar-refractivity contribution is -0.384. The van der Waals surface area contributed by atoms with Gasteiger partial charge in [-0.15, -0.1) is 0 Å². The summed E-state index contributed by atoms with van der Waals surface area (Å²) in [6.45, 7) is 0. The Labute approximate surface area is 182 Å². The van der Waals surface area contributed by atoms with Gasteiger partial charge in [-0.1, -0.05) is 12.1 Å². The zero-order chi connectivity index (χ0) is 22.5. The Kier molecular flexibility index (Phi) is 5.80. The van der Waals surface area contributed by atoms with Gasteiger partial charge in [0.2, 0.25) is 0 Å². The van der Waals surface area contributed by atoms with Gasteiger partial charge in [0.1, 0.15) is 17.3 Å². The van der Waals surface area contributed by atoms with E-state index in [1.54, 1.807) is 30.3 Å². The number of hydrogen-bond donors (Lipinski definition) is 1. The van der Waals surface area contributed by atoms with Gasteiger partial charge >= 0.3 is 0 Å². The van der Waals surface area contributed by atoms with E-state index in [9.17, 15) is 14.9 Å². The molecule has 0 saturated carbocycles. The van der Waals surface area contributed by atoms with Crippen LogP contribution in [0.25, 0.3) is 17.0 Å². The Morgan fingerprint density at radius 2 is 1.91 bits per heavy atom. The van der Waals surface area contributed by atoms with E-state index in [4.69, 9.17) is 9.15 Å². The van der Waals surface area contributed by atoms with E-state index in [2.05, 4.69) is 10.5 Å². The van der Waals surface area contributed by atoms with Crippen molar-refractivity contribution in [3.05, 3.63) is 101 Å². The molecular formula is C23H18N4O5. The standard InChI is InChI=1S/C23H18N4O5/c1-31-22-14-16(27(29)30)8-10-19(22)21-11-9-17(32-21)15-24-25-23(28)18-6-2-3-7-20(18)26-12-4-5-13-26/h2-15H,1H3,(H,25,28)/b24-15-. The molecule has 32 heavy (non-hydrogen) atoms. The minimum absolute atomic E-state index is 0.0816. The molecule has 0 bridgehead atoms. The number of rotatable bonds is 7. The molecule has 4 aromatic rings. The highest BCUT2D eigenvalue weighted by Gasteiger charge is 2.15. The number of aromatic nitrogens is 1. The lowest BCUT2D eigenvalue weighted by Crippen LogP contribution is -2.19. The number of ether oxygens (including phenoxy) is 1. The molecule has 4 rings (SSSR count). The molecule has 9 nitrogen and oxygen atoms in total. The van der Waals surface area contributed by atoms with E-state index in [1.165, 1.54) is 25.5 Å². The highest BCUT2D eigenvalue weighted by atomic mass is 16.6. The van der Waals surface area contributed by atoms with Crippen LogP contribution in [0.4, 0.5) is 5.69 Å². The second kappa shape index (κ2) is 9.00. The van der Waals surface area contributed by atoms with E-state index < -0.39 is 4.92 Å². The summed E-state index contributed by atoms with van der Waals surface area (Å²) in [5.74, 6) is 0.781. The number of nitro benzene ring substituents is 1. The molecule has 2 aromatic heterocycles. The maximum Gasteiger partial charge on any atom is 0.273 e. The molecule has 9 heteroatoms. The third-order valence-corrected chi connectivity index (χ3v) is 4.68. The molecule has 0 radical (unpaired) electrons. The van der Waals surface area contributed by atoms with E-state index in [0.717, 1.165) is 5.69 Å². The molecule has 0 fully saturated rings. The zero-order valence-corrected chi connectivity index (χ0v) is 17.0. The molecule has 0 aliphatic carbocycles. The van der Waals surface area contributed by atoms with Crippen LogP contribution < -0.4 is 10.2 Å². The smallest absolute Gasteiger partial charge is 0.273 e. The molecule has 0 spiro atoms. The molecule has 0 aliphatic heterocycles. The lowest BCUT2D eigenvalue weighted by atomic mass is 10.1. The highest BCUT2D eigenvalue weighted by Crippen LogP contribution is 2.34. The maximum absolute atomic E-state index is 12.6. The number of carbonyl (C=O) groups is 1. The highest BCUT2D eigenvalue weighted by molar-refractivity contribution is 5.98. The van der Waals surface area contributed by atoms with Crippen LogP contribution in [0, 0.1) is 10.1 Å². The predicted octanol–water partition coefficient (Wildman–Crippen LogP) is 4.42. The molecule has 2 heterocycles. The Balaban J connectivity index is 1.49. The fourth-order valence-corrected chi connectivity index (χ4v) is 3.16. The van der Waals surface area contributed by atoms with Gasteiger partial charge in [0.05, 0.1) is 41.1 Å². The quantitative estimate of drug-likeness (QED) is 0.265. The summed E-state index contributed by atoms with van der Waals surface area (Å²) in [4.78, 5) is 23.1. The average Bonchev–Trinajstić information content (AvgIpc) is 3.51. The summed E-state index contributed by atoms with van der Waals surface area (Å²) in [5, 5.41) is 14.9. The van der Waals surface area contributed by atoms with Gasteiger partial charge in [-0.25, -0.2) is 5.43 Å². The van der Waals surface area contributed by atoms with Crippen LogP contribution in [0.5, 0.6) is 5.75 Å². The van der Waals surface area contributed by atoms with Crippen molar-refractivity contribution in [1.29, 1.82) is 0 Å². The minimum Gasteiger partial charge on any atom is -0.496 e. The number of amides is 1. The zero-order valence-electron chi connectivity index (χ0n) is 17.0. The number of nitrogens with zero attached hydrogens (tertiary/aromatic N) is 3. The van der Waals surface area contributed by atoms with Crippen LogP contribution in [0.15, 0.2) is 88.6 Å². The Hall–Kier alpha value is -4.66. The number of methoxy groups -OCH3 is 1. The summed E-state index contributed by atoms with van der Waals surface area (Å²) < 4.78 is 12.8. The number of hydrazone groups is 1. The van der Waals surface area contributed by atoms with Crippen LogP contribution in [0.1, 0.15) is 16.1 Å². The van der Waals surface area contributed by atoms with Crippen molar-refractivity contribution in [2.75, 3.05) is 7.11 Å². The molecule has 0 unspecified atom stereocenters. The molecule has 0 atom stereocenters. The summed E-state index contributed by atoms with van der Waals surface area (Å²) in [6.07, 6.45) is 5.08. The number of benzene rings is 2. The molecule has 160 valence electrons. The number of nitro groups is 1. The monoisotopic (exact) mass is 430 g/mol. The van der Waals surface area contributed by atoms with Gasteiger partial charge in [0.15, 0.2) is 0 Å². The van der Waals surface area contributed by atoms with Crippen LogP contribution in [-0.4, -0.2) is 28.7 Å². The fourth-order valence-electron chi connectivity index (χ4n) is 3.16. The third kappa shape index (κ3) is 4.26. The normalized spacial score (nSPS) is 10.9. The fraction of sp³-hybridized carbons (Fsp3) is 0.0435. The van der Waals surface area contributed by atoms with E-state index >= 15 is 0 Å². The first-order valence-electron chi connectivity index (χ1n) is 9.55. The Bertz CT molecular complexity index is 1290. The predicted molar refractivity (Wildman–Crippen MR) is 118 cm³/mol. The number of para-hydroxylation sites is 1. The van der Waals surface area contributed by atoms with Crippen molar-refractivity contribution in [3.8, 4) is 22.8 Å². The SMILES string of the molecule is COc1cc([N+](=O)[O-])ccc1-c1ccc(/C=N\NC(=O)c2ccccc2-n2cccc2)o1. The molecular weight excluding hydrogens is 412 g/mol. The Morgan fingerprint density at radius 3 is 2.66 bits per heavy atom. The molecule has 0 aliphatic rings. The second-order valence-electron chi connectivity index (χ2n) is 6.65. The summed E-state index contributed by atoms with van der Waals surface area (Å²) in [6, 6.07) is 18.5. The van der Waals surface area contributed by atoms with Crippen molar-refractivity contribution in [2.45, 2.75) is 0 Å². The Morgan fingerprint density at radius 1 is 1.12 bits per heavy atom. The van der Waals surface area contributed by atoms with E-state index in [1.807, 2.05) is 41.2 Å². The van der Waals surface area contributed by atoms with Crippen molar-refractivity contribution in [3.63, 3.8) is 0 Å². The first-order valence-corrected chi connectivity index (χ1v) is 9.55. The molecule has 0 saturated heterocycles. The average molecular weight is 430 g/mol. The summed E-state index contributed by atoms with van der Waals surface area (Å²) >= 11 is 0. The minimum atomic E-state index is -0.496. The van der Waals surface area contributed by atoms with Gasteiger partial charge in [0.25, 0.3) is 11.6 Å². The summed E-state index contributed by atoms with van der Waals surface area (Å²) in [7, 11) is 1.43. The van der Waals surface area contributed by atoms with Crippen molar-refractivity contribution in [1.82, 2.24) is 9.99 Å². The topological polar surface area (TPSA) is 112 Å². The first kappa shape index (κ1) is 20.6. The number of nitrogens with one attached hydrogen (secondary N) is 1. The number of hydrogen-bond acceptors (Lipinski definition) is 6. The van der Waals surface area contributed by atoms with Crippen LogP contribution >= 0.6 is 0 Å². The van der Waals surface area contributed by atoms with Gasteiger partial charge in [0, 0.05) is 18.5 Å². The maximum atomic E-state index is 12.6. The lowest BCUT2D eigenvalue weighted by Gasteiger charge is -2.08. The van der Waals surface area contributed by atoms with E-state index in [0.29, 0.717) is 28.4 Å². The molecule has 1 N–H and O–H groups in total. The van der Waals surface area contributed by atoms with Gasteiger partial charge in [-0.2, -0.15) is 5.10 Å². The van der Waals surface area contributed by atoms with Crippen LogP contribution in [0.2, 0.25) is 0 Å². The summed E-state index contributed by atoms with van der Waals surface area (Å²) in [5.41, 5.74) is 4.18. The van der Waals surface area contributed by atoms with Crippen LogP contribution in [-0.2, 0) is 0 Å². The van der Waals surface area contributed by atoms with Crippen LogP contribution in [0.3, 0.4) is 0 Å². The van der Waals surface area contributed by atoms with Crippen molar-refractivity contribution >= 4 is 17.8 Å². The number of furan rings is 1. The molecule has 2 aromatic carbocycles. The third-order valence-electron chi connectivity index (χ3n) is 4.68. The first-order chi connectivity index (χ1) is 15.6. The van der Waals surface area contributed by atoms with Crippen molar-refractivity contribution < 1.29 is 18.9 Å². The number of carbonyl (C=O) groups excluding carboxylic acids is 1. The van der Waals surface area contributed by atoms with Gasteiger partial charge in [-0.05, 0) is 42.5 Å². The van der Waals surface area contributed by atoms with Gasteiger partial charge in [-0.3, -0.25) is 14.9 Å². The van der Waals surface area contributed by atoms with Crippen molar-refractivity contribution in [2.24, 2.45) is 5.10 Å². The largest absolute Gasteiger partial charge is 0.496 e. The number of non-ortho nitro benzene ring substituents is 1. The molecule has 1 amide bonds. The van der Waals surface area contributed by atoms with E-state index in [-0.39, 0.29) is 11.6 Å².